The Morgan fingerprint density at radius 1 is 0.968 bits per heavy atom. The average molecular weight is 414 g/mol. The van der Waals surface area contributed by atoms with Crippen LogP contribution in [-0.4, -0.2) is 27.5 Å². The standard InChI is InChI=1S/C23H22N6O2/c1-3-31-23(30)16-7-4-5-8-19(16)29-22-20(24)21(25-13-26-22)28-18-10-6-9-17-15(18)12-11-14(2)27-17/h4-13H,3,24H2,1-2H3,(H2,25,26,28,29). The summed E-state index contributed by atoms with van der Waals surface area (Å²) in [7, 11) is 0. The van der Waals surface area contributed by atoms with E-state index in [0.29, 0.717) is 28.6 Å². The Balaban J connectivity index is 1.66. The number of aromatic nitrogens is 3. The van der Waals surface area contributed by atoms with E-state index >= 15 is 0 Å². The van der Waals surface area contributed by atoms with Gasteiger partial charge >= 0.3 is 5.97 Å². The first kappa shape index (κ1) is 20.1. The van der Waals surface area contributed by atoms with E-state index in [1.165, 1.54) is 6.33 Å². The molecular weight excluding hydrogens is 392 g/mol. The van der Waals surface area contributed by atoms with E-state index in [1.807, 2.05) is 43.3 Å². The number of para-hydroxylation sites is 1. The molecule has 4 N–H and O–H groups in total. The second-order valence-corrected chi connectivity index (χ2v) is 6.83. The number of carbonyl (C=O) groups is 1. The highest BCUT2D eigenvalue weighted by atomic mass is 16.5. The van der Waals surface area contributed by atoms with Crippen molar-refractivity contribution in [3.8, 4) is 0 Å². The van der Waals surface area contributed by atoms with Gasteiger partial charge in [-0.05, 0) is 50.2 Å². The third-order valence-corrected chi connectivity index (χ3v) is 4.68. The van der Waals surface area contributed by atoms with Gasteiger partial charge in [-0.15, -0.1) is 0 Å². The normalized spacial score (nSPS) is 10.6. The van der Waals surface area contributed by atoms with E-state index in [2.05, 4.69) is 25.6 Å². The lowest BCUT2D eigenvalue weighted by Gasteiger charge is -2.15. The van der Waals surface area contributed by atoms with Crippen LogP contribution in [0, 0.1) is 6.92 Å². The largest absolute Gasteiger partial charge is 0.462 e. The Morgan fingerprint density at radius 2 is 1.68 bits per heavy atom. The molecule has 2 heterocycles. The number of benzene rings is 2. The number of nitrogens with zero attached hydrogens (tertiary/aromatic N) is 3. The summed E-state index contributed by atoms with van der Waals surface area (Å²) in [6.07, 6.45) is 1.40. The van der Waals surface area contributed by atoms with Crippen LogP contribution in [-0.2, 0) is 4.74 Å². The van der Waals surface area contributed by atoms with Gasteiger partial charge in [-0.1, -0.05) is 18.2 Å². The number of hydrogen-bond acceptors (Lipinski definition) is 8. The van der Waals surface area contributed by atoms with Crippen LogP contribution in [0.5, 0.6) is 0 Å². The van der Waals surface area contributed by atoms with Crippen molar-refractivity contribution in [2.24, 2.45) is 0 Å². The summed E-state index contributed by atoms with van der Waals surface area (Å²) in [5, 5.41) is 7.34. The lowest BCUT2D eigenvalue weighted by atomic mass is 10.1. The molecular formula is C23H22N6O2. The summed E-state index contributed by atoms with van der Waals surface area (Å²) < 4.78 is 5.13. The second kappa shape index (κ2) is 8.66. The molecule has 0 unspecified atom stereocenters. The number of ether oxygens (including phenoxy) is 1. The molecule has 0 fully saturated rings. The maximum atomic E-state index is 12.3. The Morgan fingerprint density at radius 3 is 2.45 bits per heavy atom. The van der Waals surface area contributed by atoms with Crippen LogP contribution in [0.15, 0.2) is 60.9 Å². The molecule has 2 aromatic heterocycles. The Hall–Kier alpha value is -4.20. The quantitative estimate of drug-likeness (QED) is 0.393. The predicted molar refractivity (Wildman–Crippen MR) is 122 cm³/mol. The van der Waals surface area contributed by atoms with Crippen LogP contribution in [0.2, 0.25) is 0 Å². The second-order valence-electron chi connectivity index (χ2n) is 6.83. The molecule has 0 amide bonds. The van der Waals surface area contributed by atoms with Gasteiger partial charge in [0.2, 0.25) is 0 Å². The number of nitrogens with one attached hydrogen (secondary N) is 2. The number of rotatable bonds is 6. The topological polar surface area (TPSA) is 115 Å². The first-order chi connectivity index (χ1) is 15.1. The zero-order valence-corrected chi connectivity index (χ0v) is 17.2. The third-order valence-electron chi connectivity index (χ3n) is 4.68. The molecule has 0 saturated heterocycles. The van der Waals surface area contributed by atoms with E-state index < -0.39 is 5.97 Å². The van der Waals surface area contributed by atoms with E-state index in [-0.39, 0.29) is 6.61 Å². The van der Waals surface area contributed by atoms with E-state index in [4.69, 9.17) is 10.5 Å². The van der Waals surface area contributed by atoms with Crippen molar-refractivity contribution in [3.63, 3.8) is 0 Å². The maximum Gasteiger partial charge on any atom is 0.340 e. The average Bonchev–Trinajstić information content (AvgIpc) is 2.77. The van der Waals surface area contributed by atoms with Gasteiger partial charge in [-0.25, -0.2) is 14.8 Å². The zero-order valence-electron chi connectivity index (χ0n) is 17.2. The molecule has 31 heavy (non-hydrogen) atoms. The van der Waals surface area contributed by atoms with Crippen molar-refractivity contribution < 1.29 is 9.53 Å². The molecule has 0 aliphatic rings. The number of carbonyl (C=O) groups excluding carboxylic acids is 1. The number of pyridine rings is 1. The number of fused-ring (bicyclic) bond motifs is 1. The molecule has 156 valence electrons. The fourth-order valence-electron chi connectivity index (χ4n) is 3.19. The highest BCUT2D eigenvalue weighted by Gasteiger charge is 2.15. The smallest absolute Gasteiger partial charge is 0.340 e. The number of esters is 1. The Labute approximate surface area is 179 Å². The molecule has 4 aromatic rings. The van der Waals surface area contributed by atoms with Gasteiger partial charge in [-0.3, -0.25) is 4.98 Å². The predicted octanol–water partition coefficient (Wildman–Crippen LogP) is 4.58. The minimum absolute atomic E-state index is 0.288. The first-order valence-corrected chi connectivity index (χ1v) is 9.84. The molecule has 8 nitrogen and oxygen atoms in total. The molecule has 2 aromatic carbocycles. The SMILES string of the molecule is CCOC(=O)c1ccccc1Nc1ncnc(Nc2cccc3nc(C)ccc23)c1N. The minimum Gasteiger partial charge on any atom is -0.462 e. The summed E-state index contributed by atoms with van der Waals surface area (Å²) in [6.45, 7) is 4.00. The number of anilines is 5. The Bertz CT molecular complexity index is 1260. The number of hydrogen-bond donors (Lipinski definition) is 3. The van der Waals surface area contributed by atoms with Crippen molar-refractivity contribution in [1.29, 1.82) is 0 Å². The molecule has 0 atom stereocenters. The lowest BCUT2D eigenvalue weighted by molar-refractivity contribution is 0.0527. The van der Waals surface area contributed by atoms with Crippen LogP contribution in [0.3, 0.4) is 0 Å². The van der Waals surface area contributed by atoms with Gasteiger partial charge in [0.25, 0.3) is 0 Å². The summed E-state index contributed by atoms with van der Waals surface area (Å²) in [4.78, 5) is 25.3. The Kier molecular flexibility index (Phi) is 5.61. The number of aryl methyl sites for hydroxylation is 1. The third kappa shape index (κ3) is 4.23. The van der Waals surface area contributed by atoms with Crippen LogP contribution in [0.25, 0.3) is 10.9 Å². The fraction of sp³-hybridized carbons (Fsp3) is 0.130. The molecule has 0 radical (unpaired) electrons. The molecule has 0 spiro atoms. The van der Waals surface area contributed by atoms with Crippen molar-refractivity contribution in [2.75, 3.05) is 23.0 Å². The fourth-order valence-corrected chi connectivity index (χ4v) is 3.19. The van der Waals surface area contributed by atoms with Gasteiger partial charge in [0.1, 0.15) is 12.0 Å². The summed E-state index contributed by atoms with van der Waals surface area (Å²) in [5.74, 6) is 0.401. The van der Waals surface area contributed by atoms with Crippen LogP contribution in [0.4, 0.5) is 28.7 Å². The molecule has 4 rings (SSSR count). The molecule has 8 heteroatoms. The van der Waals surface area contributed by atoms with Crippen molar-refractivity contribution >= 4 is 45.6 Å². The molecule has 0 aliphatic heterocycles. The van der Waals surface area contributed by atoms with Gasteiger partial charge in [-0.2, -0.15) is 0 Å². The van der Waals surface area contributed by atoms with E-state index in [0.717, 1.165) is 22.3 Å². The van der Waals surface area contributed by atoms with Gasteiger partial charge in [0, 0.05) is 16.8 Å². The summed E-state index contributed by atoms with van der Waals surface area (Å²) in [6, 6.07) is 16.8. The van der Waals surface area contributed by atoms with Crippen LogP contribution in [0.1, 0.15) is 23.0 Å². The molecule has 0 bridgehead atoms. The monoisotopic (exact) mass is 414 g/mol. The van der Waals surface area contributed by atoms with E-state index in [1.54, 1.807) is 25.1 Å². The highest BCUT2D eigenvalue weighted by molar-refractivity contribution is 5.98. The van der Waals surface area contributed by atoms with Crippen molar-refractivity contribution in [2.45, 2.75) is 13.8 Å². The van der Waals surface area contributed by atoms with Crippen molar-refractivity contribution in [3.05, 3.63) is 72.2 Å². The van der Waals surface area contributed by atoms with Gasteiger partial charge < -0.3 is 21.1 Å². The molecule has 0 aliphatic carbocycles. The van der Waals surface area contributed by atoms with Crippen molar-refractivity contribution in [1.82, 2.24) is 15.0 Å². The first-order valence-electron chi connectivity index (χ1n) is 9.84. The van der Waals surface area contributed by atoms with Gasteiger partial charge in [0.05, 0.1) is 23.4 Å². The number of nitrogen functional groups attached to an aromatic ring is 1. The minimum atomic E-state index is -0.421. The van der Waals surface area contributed by atoms with Gasteiger partial charge in [0.15, 0.2) is 11.6 Å². The zero-order chi connectivity index (χ0) is 21.8. The summed E-state index contributed by atoms with van der Waals surface area (Å²) >= 11 is 0. The lowest BCUT2D eigenvalue weighted by Crippen LogP contribution is -2.10. The van der Waals surface area contributed by atoms with E-state index in [9.17, 15) is 4.79 Å². The maximum absolute atomic E-state index is 12.3. The number of nitrogens with two attached hydrogens (primary N) is 1. The van der Waals surface area contributed by atoms with Crippen LogP contribution >= 0.6 is 0 Å². The summed E-state index contributed by atoms with van der Waals surface area (Å²) in [5.41, 5.74) is 10.3. The van der Waals surface area contributed by atoms with Crippen LogP contribution < -0.4 is 16.4 Å². The molecule has 0 saturated carbocycles. The highest BCUT2D eigenvalue weighted by Crippen LogP contribution is 2.31.